The summed E-state index contributed by atoms with van der Waals surface area (Å²) in [4.78, 5) is 11.8. The molecule has 5 heteroatoms. The van der Waals surface area contributed by atoms with Crippen molar-refractivity contribution in [3.8, 4) is 0 Å². The van der Waals surface area contributed by atoms with Crippen LogP contribution in [0.2, 0.25) is 5.02 Å². The minimum absolute atomic E-state index is 0.0985. The van der Waals surface area contributed by atoms with Crippen LogP contribution >= 0.6 is 11.6 Å². The van der Waals surface area contributed by atoms with Gasteiger partial charge >= 0.3 is 0 Å². The zero-order valence-electron chi connectivity index (χ0n) is 8.46. The van der Waals surface area contributed by atoms with Gasteiger partial charge in [0.05, 0.1) is 22.7 Å². The molecule has 1 amide bonds. The summed E-state index contributed by atoms with van der Waals surface area (Å²) in [7, 11) is 0. The van der Waals surface area contributed by atoms with Gasteiger partial charge in [-0.25, -0.2) is 4.39 Å². The Morgan fingerprint density at radius 2 is 2.25 bits per heavy atom. The molecule has 0 saturated heterocycles. The second-order valence-electron chi connectivity index (χ2n) is 3.99. The van der Waals surface area contributed by atoms with Gasteiger partial charge in [-0.1, -0.05) is 17.7 Å². The number of carbonyl (C=O) groups excluding carboxylic acids is 1. The van der Waals surface area contributed by atoms with E-state index in [1.807, 2.05) is 0 Å². The molecule has 0 bridgehead atoms. The topological polar surface area (TPSA) is 49.3 Å². The molecule has 1 aromatic rings. The van der Waals surface area contributed by atoms with Crippen LogP contribution in [0.25, 0.3) is 0 Å². The van der Waals surface area contributed by atoms with Crippen LogP contribution in [0.3, 0.4) is 0 Å². The Morgan fingerprint density at radius 3 is 2.81 bits per heavy atom. The highest BCUT2D eigenvalue weighted by atomic mass is 35.5. The quantitative estimate of drug-likeness (QED) is 0.850. The molecule has 0 aliphatic heterocycles. The number of amides is 1. The first-order chi connectivity index (χ1) is 7.58. The lowest BCUT2D eigenvalue weighted by atomic mass is 10.2. The summed E-state index contributed by atoms with van der Waals surface area (Å²) in [6, 6.07) is 4.07. The van der Waals surface area contributed by atoms with E-state index in [0.29, 0.717) is 0 Å². The van der Waals surface area contributed by atoms with Crippen molar-refractivity contribution in [2.24, 2.45) is 0 Å². The smallest absolute Gasteiger partial charge is 0.253 e. The largest absolute Gasteiger partial charge is 0.394 e. The number of hydrogen-bond donors (Lipinski definition) is 2. The molecule has 1 aromatic carbocycles. The number of hydrogen-bond acceptors (Lipinski definition) is 2. The number of rotatable bonds is 3. The molecule has 86 valence electrons. The maximum Gasteiger partial charge on any atom is 0.253 e. The third-order valence-corrected chi connectivity index (χ3v) is 3.12. The van der Waals surface area contributed by atoms with Crippen LogP contribution in [0, 0.1) is 5.82 Å². The number of halogens is 2. The molecule has 1 fully saturated rings. The van der Waals surface area contributed by atoms with E-state index in [-0.39, 0.29) is 17.2 Å². The van der Waals surface area contributed by atoms with Crippen LogP contribution in [0.4, 0.5) is 4.39 Å². The third kappa shape index (κ3) is 2.03. The molecule has 0 unspecified atom stereocenters. The molecule has 1 aliphatic rings. The number of benzene rings is 1. The standard InChI is InChI=1S/C11H11ClFNO2/c12-9-7(2-1-3-8(9)13)10(16)14-11(6-15)4-5-11/h1-3,15H,4-6H2,(H,14,16). The number of aliphatic hydroxyl groups excluding tert-OH is 1. The first-order valence-corrected chi connectivity index (χ1v) is 5.33. The van der Waals surface area contributed by atoms with Crippen LogP contribution < -0.4 is 5.32 Å². The highest BCUT2D eigenvalue weighted by molar-refractivity contribution is 6.34. The molecule has 1 saturated carbocycles. The molecule has 2 rings (SSSR count). The SMILES string of the molecule is O=C(NC1(CO)CC1)c1cccc(F)c1Cl. The Hall–Kier alpha value is -1.13. The van der Waals surface area contributed by atoms with Gasteiger partial charge in [0, 0.05) is 0 Å². The van der Waals surface area contributed by atoms with Gasteiger partial charge in [-0.05, 0) is 25.0 Å². The second-order valence-corrected chi connectivity index (χ2v) is 4.37. The summed E-state index contributed by atoms with van der Waals surface area (Å²) in [5.74, 6) is -1.07. The van der Waals surface area contributed by atoms with Gasteiger partial charge in [0.25, 0.3) is 5.91 Å². The van der Waals surface area contributed by atoms with E-state index in [9.17, 15) is 9.18 Å². The molecule has 1 aliphatic carbocycles. The molecular formula is C11H11ClFNO2. The molecule has 3 nitrogen and oxygen atoms in total. The van der Waals surface area contributed by atoms with E-state index in [0.717, 1.165) is 12.8 Å². The lowest BCUT2D eigenvalue weighted by Gasteiger charge is -2.14. The molecule has 0 radical (unpaired) electrons. The number of carbonyl (C=O) groups is 1. The lowest BCUT2D eigenvalue weighted by molar-refractivity contribution is 0.0906. The molecular weight excluding hydrogens is 233 g/mol. The zero-order valence-corrected chi connectivity index (χ0v) is 9.22. The lowest BCUT2D eigenvalue weighted by Crippen LogP contribution is -2.39. The van der Waals surface area contributed by atoms with Gasteiger partial charge in [-0.2, -0.15) is 0 Å². The first kappa shape index (κ1) is 11.4. The van der Waals surface area contributed by atoms with Crippen molar-refractivity contribution >= 4 is 17.5 Å². The van der Waals surface area contributed by atoms with E-state index >= 15 is 0 Å². The average Bonchev–Trinajstić information content (AvgIpc) is 3.02. The van der Waals surface area contributed by atoms with Crippen molar-refractivity contribution in [2.75, 3.05) is 6.61 Å². The maximum atomic E-state index is 13.1. The van der Waals surface area contributed by atoms with Crippen molar-refractivity contribution in [2.45, 2.75) is 18.4 Å². The summed E-state index contributed by atoms with van der Waals surface area (Å²) in [6.07, 6.45) is 1.48. The summed E-state index contributed by atoms with van der Waals surface area (Å²) < 4.78 is 13.1. The molecule has 0 atom stereocenters. The van der Waals surface area contributed by atoms with Gasteiger partial charge in [-0.15, -0.1) is 0 Å². The highest BCUT2D eigenvalue weighted by Gasteiger charge is 2.43. The third-order valence-electron chi connectivity index (χ3n) is 2.73. The maximum absolute atomic E-state index is 13.1. The number of aliphatic hydroxyl groups is 1. The Morgan fingerprint density at radius 1 is 1.56 bits per heavy atom. The molecule has 0 spiro atoms. The van der Waals surface area contributed by atoms with E-state index in [1.165, 1.54) is 18.2 Å². The highest BCUT2D eigenvalue weighted by Crippen LogP contribution is 2.35. The summed E-state index contributed by atoms with van der Waals surface area (Å²) >= 11 is 5.68. The van der Waals surface area contributed by atoms with Crippen molar-refractivity contribution in [3.63, 3.8) is 0 Å². The summed E-state index contributed by atoms with van der Waals surface area (Å²) in [5, 5.41) is 11.5. The monoisotopic (exact) mass is 243 g/mol. The molecule has 0 heterocycles. The van der Waals surface area contributed by atoms with E-state index in [2.05, 4.69) is 5.32 Å². The van der Waals surface area contributed by atoms with Crippen LogP contribution in [0.5, 0.6) is 0 Å². The fraction of sp³-hybridized carbons (Fsp3) is 0.364. The summed E-state index contributed by atoms with van der Waals surface area (Å²) in [5.41, 5.74) is -0.423. The fourth-order valence-electron chi connectivity index (χ4n) is 1.46. The average molecular weight is 244 g/mol. The van der Waals surface area contributed by atoms with E-state index in [4.69, 9.17) is 16.7 Å². The normalized spacial score (nSPS) is 16.9. The van der Waals surface area contributed by atoms with Gasteiger partial charge in [0.15, 0.2) is 0 Å². The van der Waals surface area contributed by atoms with E-state index in [1.54, 1.807) is 0 Å². The van der Waals surface area contributed by atoms with Gasteiger partial charge in [0.1, 0.15) is 5.82 Å². The number of nitrogens with one attached hydrogen (secondary N) is 1. The van der Waals surface area contributed by atoms with Gasteiger partial charge in [0.2, 0.25) is 0 Å². The predicted octanol–water partition coefficient (Wildman–Crippen LogP) is 1.73. The van der Waals surface area contributed by atoms with Crippen LogP contribution in [0.15, 0.2) is 18.2 Å². The Bertz CT molecular complexity index is 432. The second kappa shape index (κ2) is 4.03. The molecule has 2 N–H and O–H groups in total. The van der Waals surface area contributed by atoms with Crippen LogP contribution in [0.1, 0.15) is 23.2 Å². The molecule has 0 aromatic heterocycles. The first-order valence-electron chi connectivity index (χ1n) is 4.95. The fourth-order valence-corrected chi connectivity index (χ4v) is 1.67. The minimum atomic E-state index is -0.622. The van der Waals surface area contributed by atoms with Crippen LogP contribution in [-0.2, 0) is 0 Å². The van der Waals surface area contributed by atoms with Crippen molar-refractivity contribution < 1.29 is 14.3 Å². The minimum Gasteiger partial charge on any atom is -0.394 e. The predicted molar refractivity (Wildman–Crippen MR) is 57.9 cm³/mol. The zero-order chi connectivity index (χ0) is 11.8. The van der Waals surface area contributed by atoms with Crippen molar-refractivity contribution in [1.29, 1.82) is 0 Å². The Balaban J connectivity index is 2.18. The van der Waals surface area contributed by atoms with Gasteiger partial charge < -0.3 is 10.4 Å². The van der Waals surface area contributed by atoms with Crippen LogP contribution in [-0.4, -0.2) is 23.2 Å². The van der Waals surface area contributed by atoms with Crippen molar-refractivity contribution in [1.82, 2.24) is 5.32 Å². The Kier molecular flexibility index (Phi) is 2.86. The molecule has 16 heavy (non-hydrogen) atoms. The van der Waals surface area contributed by atoms with Crippen molar-refractivity contribution in [3.05, 3.63) is 34.6 Å². The summed E-state index contributed by atoms with van der Waals surface area (Å²) in [6.45, 7) is -0.105. The van der Waals surface area contributed by atoms with Gasteiger partial charge in [-0.3, -0.25) is 4.79 Å². The van der Waals surface area contributed by atoms with E-state index < -0.39 is 17.3 Å². The Labute approximate surface area is 97.2 Å².